The molecule has 1 aromatic rings. The minimum Gasteiger partial charge on any atom is -0.244 e. The normalized spacial score (nSPS) is 13.7. The van der Waals surface area contributed by atoms with Gasteiger partial charge in [0.15, 0.2) is 5.49 Å². The largest absolute Gasteiger partial charge is 0.369 e. The van der Waals surface area contributed by atoms with Gasteiger partial charge < -0.3 is 0 Å². The predicted octanol–water partition coefficient (Wildman–Crippen LogP) is -0.237. The van der Waals surface area contributed by atoms with Crippen molar-refractivity contribution in [1.82, 2.24) is 4.98 Å². The second kappa shape index (κ2) is 1.95. The first-order chi connectivity index (χ1) is 5.25. The Morgan fingerprint density at radius 1 is 1.27 bits per heavy atom. The maximum absolute atomic E-state index is 10.6. The standard InChI is InChI=1S/C7H5N3O/c1-4-2-3-5-6(8-4)10-7(11)9-5/h2-3H,1H3. The van der Waals surface area contributed by atoms with Gasteiger partial charge in [0.25, 0.3) is 0 Å². The number of urea groups is 1. The summed E-state index contributed by atoms with van der Waals surface area (Å²) in [7, 11) is 0. The molecule has 2 heterocycles. The van der Waals surface area contributed by atoms with Crippen molar-refractivity contribution in [3.8, 4) is 0 Å². The fraction of sp³-hybridized carbons (Fsp3) is 0.143. The summed E-state index contributed by atoms with van der Waals surface area (Å²) in [4.78, 5) is 21.9. The van der Waals surface area contributed by atoms with E-state index in [0.717, 1.165) is 5.69 Å². The highest BCUT2D eigenvalue weighted by Crippen LogP contribution is 1.85. The first-order valence-electron chi connectivity index (χ1n) is 3.21. The molecule has 11 heavy (non-hydrogen) atoms. The fourth-order valence-electron chi connectivity index (χ4n) is 0.924. The Labute approximate surface area is 62.3 Å². The number of aromatic nitrogens is 1. The molecule has 1 aromatic heterocycles. The van der Waals surface area contributed by atoms with Crippen LogP contribution in [0.15, 0.2) is 22.1 Å². The molecule has 2 rings (SSSR count). The molecule has 1 aliphatic heterocycles. The third-order valence-electron chi connectivity index (χ3n) is 1.41. The zero-order chi connectivity index (χ0) is 7.84. The fourth-order valence-corrected chi connectivity index (χ4v) is 0.924. The van der Waals surface area contributed by atoms with Crippen molar-refractivity contribution in [1.29, 1.82) is 0 Å². The maximum atomic E-state index is 10.6. The van der Waals surface area contributed by atoms with Crippen LogP contribution in [0, 0.1) is 6.92 Å². The quantitative estimate of drug-likeness (QED) is 0.508. The summed E-state index contributed by atoms with van der Waals surface area (Å²) in [5.74, 6) is 0. The van der Waals surface area contributed by atoms with E-state index in [9.17, 15) is 4.79 Å². The predicted molar refractivity (Wildman–Crippen MR) is 36.7 cm³/mol. The van der Waals surface area contributed by atoms with Crippen LogP contribution in [0.2, 0.25) is 0 Å². The SMILES string of the molecule is Cc1ccc2c(n1)=NC(=O)N=2. The molecular formula is C7H5N3O. The molecule has 0 saturated heterocycles. The lowest BCUT2D eigenvalue weighted by Gasteiger charge is -1.84. The van der Waals surface area contributed by atoms with Crippen LogP contribution in [0.1, 0.15) is 5.69 Å². The number of carbonyl (C=O) groups is 1. The van der Waals surface area contributed by atoms with Crippen molar-refractivity contribution < 1.29 is 4.79 Å². The zero-order valence-electron chi connectivity index (χ0n) is 5.90. The molecule has 0 N–H and O–H groups in total. The maximum Gasteiger partial charge on any atom is 0.369 e. The molecule has 0 saturated carbocycles. The summed E-state index contributed by atoms with van der Waals surface area (Å²) in [5.41, 5.74) is 1.28. The molecule has 0 atom stereocenters. The second-order valence-electron chi connectivity index (χ2n) is 2.30. The molecule has 0 unspecified atom stereocenters. The molecule has 0 radical (unpaired) electrons. The zero-order valence-corrected chi connectivity index (χ0v) is 5.90. The third kappa shape index (κ3) is 0.920. The number of aryl methyl sites for hydroxylation is 1. The Balaban J connectivity index is 2.89. The Morgan fingerprint density at radius 2 is 2.09 bits per heavy atom. The van der Waals surface area contributed by atoms with Gasteiger partial charge in [-0.2, -0.15) is 9.98 Å². The summed E-state index contributed by atoms with van der Waals surface area (Å²) in [6.45, 7) is 1.85. The van der Waals surface area contributed by atoms with E-state index in [1.807, 2.05) is 6.92 Å². The lowest BCUT2D eigenvalue weighted by atomic mass is 10.4. The molecular weight excluding hydrogens is 142 g/mol. The summed E-state index contributed by atoms with van der Waals surface area (Å²) >= 11 is 0. The number of carbonyl (C=O) groups excluding carboxylic acids is 1. The van der Waals surface area contributed by atoms with E-state index in [-0.39, 0.29) is 0 Å². The van der Waals surface area contributed by atoms with E-state index in [1.165, 1.54) is 0 Å². The first-order valence-corrected chi connectivity index (χ1v) is 3.21. The van der Waals surface area contributed by atoms with Crippen molar-refractivity contribution in [3.63, 3.8) is 0 Å². The third-order valence-corrected chi connectivity index (χ3v) is 1.41. The Bertz CT molecular complexity index is 435. The molecule has 1 aliphatic rings. The lowest BCUT2D eigenvalue weighted by Crippen LogP contribution is -2.25. The highest BCUT2D eigenvalue weighted by atomic mass is 16.2. The van der Waals surface area contributed by atoms with Crippen molar-refractivity contribution in [3.05, 3.63) is 28.7 Å². The van der Waals surface area contributed by atoms with Crippen LogP contribution < -0.4 is 10.8 Å². The van der Waals surface area contributed by atoms with Crippen LogP contribution in [-0.2, 0) is 0 Å². The van der Waals surface area contributed by atoms with Gasteiger partial charge >= 0.3 is 6.03 Å². The monoisotopic (exact) mass is 147 g/mol. The Kier molecular flexibility index (Phi) is 1.09. The average molecular weight is 147 g/mol. The molecule has 4 nitrogen and oxygen atoms in total. The van der Waals surface area contributed by atoms with Gasteiger partial charge in [-0.1, -0.05) is 0 Å². The topological polar surface area (TPSA) is 54.7 Å². The van der Waals surface area contributed by atoms with Crippen LogP contribution >= 0.6 is 0 Å². The average Bonchev–Trinajstić information content (AvgIpc) is 2.27. The number of rotatable bonds is 0. The van der Waals surface area contributed by atoms with Gasteiger partial charge in [0.2, 0.25) is 0 Å². The summed E-state index contributed by atoms with van der Waals surface area (Å²) in [6, 6.07) is 3.08. The molecule has 0 aliphatic carbocycles. The van der Waals surface area contributed by atoms with Gasteiger partial charge in [-0.25, -0.2) is 9.78 Å². The first kappa shape index (κ1) is 6.15. The molecule has 0 spiro atoms. The number of pyridine rings is 1. The minimum atomic E-state index is -0.460. The summed E-state index contributed by atoms with van der Waals surface area (Å²) in [5, 5.41) is 0.570. The lowest BCUT2D eigenvalue weighted by molar-refractivity contribution is 0.256. The number of hydrogen-bond acceptors (Lipinski definition) is 2. The number of hydrogen-bond donors (Lipinski definition) is 0. The molecule has 0 aromatic carbocycles. The second-order valence-corrected chi connectivity index (χ2v) is 2.30. The molecule has 4 heteroatoms. The summed E-state index contributed by atoms with van der Waals surface area (Å²) < 4.78 is 0. The number of nitrogens with zero attached hydrogens (tertiary/aromatic N) is 3. The number of fused-ring (bicyclic) bond motifs is 1. The van der Waals surface area contributed by atoms with Gasteiger partial charge in [-0.3, -0.25) is 0 Å². The Hall–Kier alpha value is -1.58. The number of amides is 2. The van der Waals surface area contributed by atoms with Crippen molar-refractivity contribution in [2.75, 3.05) is 0 Å². The smallest absolute Gasteiger partial charge is 0.244 e. The van der Waals surface area contributed by atoms with Gasteiger partial charge in [0.1, 0.15) is 5.36 Å². The highest BCUT2D eigenvalue weighted by molar-refractivity contribution is 5.77. The van der Waals surface area contributed by atoms with Crippen LogP contribution in [0.4, 0.5) is 4.79 Å². The van der Waals surface area contributed by atoms with Crippen LogP contribution in [0.25, 0.3) is 0 Å². The van der Waals surface area contributed by atoms with E-state index in [2.05, 4.69) is 15.0 Å². The summed E-state index contributed by atoms with van der Waals surface area (Å²) in [6.07, 6.45) is 0. The van der Waals surface area contributed by atoms with E-state index < -0.39 is 6.03 Å². The van der Waals surface area contributed by atoms with Gasteiger partial charge in [-0.05, 0) is 19.1 Å². The van der Waals surface area contributed by atoms with Crippen molar-refractivity contribution in [2.24, 2.45) is 9.98 Å². The molecule has 0 fully saturated rings. The van der Waals surface area contributed by atoms with E-state index in [4.69, 9.17) is 0 Å². The highest BCUT2D eigenvalue weighted by Gasteiger charge is 2.04. The van der Waals surface area contributed by atoms with E-state index >= 15 is 0 Å². The van der Waals surface area contributed by atoms with Gasteiger partial charge in [0.05, 0.1) is 0 Å². The molecule has 2 amide bonds. The van der Waals surface area contributed by atoms with Crippen molar-refractivity contribution >= 4 is 6.03 Å². The van der Waals surface area contributed by atoms with Crippen LogP contribution in [0.5, 0.6) is 0 Å². The van der Waals surface area contributed by atoms with Crippen LogP contribution in [-0.4, -0.2) is 11.0 Å². The van der Waals surface area contributed by atoms with Crippen molar-refractivity contribution in [2.45, 2.75) is 6.92 Å². The van der Waals surface area contributed by atoms with E-state index in [1.54, 1.807) is 12.1 Å². The molecule has 54 valence electrons. The Morgan fingerprint density at radius 3 is 2.91 bits per heavy atom. The van der Waals surface area contributed by atoms with Gasteiger partial charge in [-0.15, -0.1) is 0 Å². The van der Waals surface area contributed by atoms with E-state index in [0.29, 0.717) is 10.8 Å². The minimum absolute atomic E-state index is 0.440. The molecule has 0 bridgehead atoms. The van der Waals surface area contributed by atoms with Gasteiger partial charge in [0, 0.05) is 5.69 Å². The van der Waals surface area contributed by atoms with Crippen LogP contribution in [0.3, 0.4) is 0 Å².